The van der Waals surface area contributed by atoms with Gasteiger partial charge in [0.25, 0.3) is 10.0 Å². The maximum atomic E-state index is 12.8. The van der Waals surface area contributed by atoms with Crippen LogP contribution in [-0.4, -0.2) is 60.0 Å². The van der Waals surface area contributed by atoms with Crippen LogP contribution in [-0.2, 0) is 14.8 Å². The van der Waals surface area contributed by atoms with Crippen LogP contribution in [0.3, 0.4) is 0 Å². The fraction of sp³-hybridized carbons (Fsp3) is 0.684. The predicted molar refractivity (Wildman–Crippen MR) is 105 cm³/mol. The zero-order valence-electron chi connectivity index (χ0n) is 16.0. The second-order valence-corrected chi connectivity index (χ2v) is 9.73. The minimum Gasteiger partial charge on any atom is -0.390 e. The number of aliphatic hydroxyl groups excluding tert-OH is 1. The summed E-state index contributed by atoms with van der Waals surface area (Å²) in [5.74, 6) is 0.232. The molecule has 0 aromatic carbocycles. The van der Waals surface area contributed by atoms with Gasteiger partial charge in [-0.15, -0.1) is 0 Å². The van der Waals surface area contributed by atoms with E-state index in [4.69, 9.17) is 5.73 Å². The Bertz CT molecular complexity index is 752. The van der Waals surface area contributed by atoms with Crippen molar-refractivity contribution in [1.29, 1.82) is 0 Å². The van der Waals surface area contributed by atoms with Gasteiger partial charge < -0.3 is 16.2 Å². The first-order valence-electron chi connectivity index (χ1n) is 10.0. The average molecular weight is 411 g/mol. The predicted octanol–water partition coefficient (Wildman–Crippen LogP) is 0.619. The van der Waals surface area contributed by atoms with E-state index in [0.29, 0.717) is 25.2 Å². The van der Waals surface area contributed by atoms with Crippen molar-refractivity contribution in [2.45, 2.75) is 68.2 Å². The van der Waals surface area contributed by atoms with Gasteiger partial charge in [0.05, 0.1) is 18.2 Å². The number of carbonyl (C=O) groups excluding carboxylic acids is 1. The van der Waals surface area contributed by atoms with Crippen LogP contribution in [0.25, 0.3) is 0 Å². The van der Waals surface area contributed by atoms with Gasteiger partial charge in [-0.25, -0.2) is 13.4 Å². The molecule has 1 aromatic rings. The summed E-state index contributed by atoms with van der Waals surface area (Å²) in [6.45, 7) is 0.193. The largest absolute Gasteiger partial charge is 0.390 e. The Morgan fingerprint density at radius 2 is 2.04 bits per heavy atom. The molecule has 0 bridgehead atoms. The first-order valence-corrected chi connectivity index (χ1v) is 11.5. The number of pyridine rings is 1. The minimum absolute atomic E-state index is 0.0386. The molecule has 4 N–H and O–H groups in total. The number of hydrogen-bond donors (Lipinski definition) is 3. The van der Waals surface area contributed by atoms with E-state index in [0.717, 1.165) is 12.8 Å². The van der Waals surface area contributed by atoms with E-state index >= 15 is 0 Å². The number of carbonyl (C=O) groups is 1. The molecule has 1 aliphatic heterocycles. The Kier molecular flexibility index (Phi) is 7.03. The quantitative estimate of drug-likeness (QED) is 0.631. The van der Waals surface area contributed by atoms with Gasteiger partial charge in [-0.2, -0.15) is 4.31 Å². The van der Waals surface area contributed by atoms with Gasteiger partial charge in [-0.05, 0) is 37.3 Å². The fourth-order valence-electron chi connectivity index (χ4n) is 4.13. The number of nitrogens with one attached hydrogen (secondary N) is 1. The number of nitrogens with two attached hydrogens (primary N) is 1. The van der Waals surface area contributed by atoms with Crippen LogP contribution in [0.15, 0.2) is 29.4 Å². The molecule has 1 saturated carbocycles. The lowest BCUT2D eigenvalue weighted by Crippen LogP contribution is -2.51. The van der Waals surface area contributed by atoms with Gasteiger partial charge in [0.15, 0.2) is 5.03 Å². The van der Waals surface area contributed by atoms with Crippen molar-refractivity contribution in [2.24, 2.45) is 11.7 Å². The molecule has 9 heteroatoms. The van der Waals surface area contributed by atoms with Crippen LogP contribution in [0.2, 0.25) is 0 Å². The molecule has 0 radical (unpaired) electrons. The zero-order valence-corrected chi connectivity index (χ0v) is 16.9. The van der Waals surface area contributed by atoms with Crippen LogP contribution in [0.1, 0.15) is 44.9 Å². The number of amides is 1. The van der Waals surface area contributed by atoms with Crippen molar-refractivity contribution in [2.75, 3.05) is 13.1 Å². The number of rotatable bonds is 6. The second-order valence-electron chi connectivity index (χ2n) is 7.85. The molecule has 3 rings (SSSR count). The smallest absolute Gasteiger partial charge is 0.260 e. The van der Waals surface area contributed by atoms with Gasteiger partial charge in [-0.3, -0.25) is 4.79 Å². The van der Waals surface area contributed by atoms with E-state index < -0.39 is 28.2 Å². The third-order valence-corrected chi connectivity index (χ3v) is 7.53. The standard InChI is InChI=1S/C19H30N4O4S/c20-15(12-14-6-1-2-7-14)19(25)22-16-8-5-11-23(13-17(16)24)28(26,27)18-9-3-4-10-21-18/h3-4,9-10,14-17,24H,1-2,5-8,11-13,20H2,(H,22,25)/t15-,16?,17?/m0/s1. The highest BCUT2D eigenvalue weighted by atomic mass is 32.2. The molecule has 2 unspecified atom stereocenters. The highest BCUT2D eigenvalue weighted by molar-refractivity contribution is 7.89. The van der Waals surface area contributed by atoms with Crippen molar-refractivity contribution in [3.63, 3.8) is 0 Å². The summed E-state index contributed by atoms with van der Waals surface area (Å²) >= 11 is 0. The molecular formula is C19H30N4O4S. The van der Waals surface area contributed by atoms with Gasteiger partial charge >= 0.3 is 0 Å². The Morgan fingerprint density at radius 3 is 2.71 bits per heavy atom. The van der Waals surface area contributed by atoms with E-state index in [1.165, 1.54) is 29.4 Å². The fourth-order valence-corrected chi connectivity index (χ4v) is 5.56. The average Bonchev–Trinajstić information content (AvgIpc) is 3.12. The van der Waals surface area contributed by atoms with Crippen LogP contribution in [0.5, 0.6) is 0 Å². The zero-order chi connectivity index (χ0) is 20.1. The SMILES string of the molecule is N[C@@H](CC1CCCC1)C(=O)NC1CCCN(S(=O)(=O)c2ccccn2)CC1O. The van der Waals surface area contributed by atoms with Crippen LogP contribution >= 0.6 is 0 Å². The van der Waals surface area contributed by atoms with Crippen molar-refractivity contribution in [3.05, 3.63) is 24.4 Å². The molecule has 1 aliphatic carbocycles. The van der Waals surface area contributed by atoms with Crippen LogP contribution in [0.4, 0.5) is 0 Å². The molecule has 1 aromatic heterocycles. The Balaban J connectivity index is 1.59. The first-order chi connectivity index (χ1) is 13.4. The monoisotopic (exact) mass is 410 g/mol. The third-order valence-electron chi connectivity index (χ3n) is 5.75. The summed E-state index contributed by atoms with van der Waals surface area (Å²) in [5.41, 5.74) is 6.06. The second kappa shape index (κ2) is 9.30. The molecule has 2 aliphatic rings. The summed E-state index contributed by atoms with van der Waals surface area (Å²) in [7, 11) is -3.78. The highest BCUT2D eigenvalue weighted by Gasteiger charge is 2.34. The number of aromatic nitrogens is 1. The molecule has 0 spiro atoms. The number of sulfonamides is 1. The first kappa shape index (κ1) is 21.2. The molecule has 2 heterocycles. The maximum absolute atomic E-state index is 12.8. The summed E-state index contributed by atoms with van der Waals surface area (Å²) in [5, 5.41) is 13.4. The number of nitrogens with zero attached hydrogens (tertiary/aromatic N) is 2. The van der Waals surface area contributed by atoms with Crippen molar-refractivity contribution in [1.82, 2.24) is 14.6 Å². The molecule has 1 amide bonds. The highest BCUT2D eigenvalue weighted by Crippen LogP contribution is 2.28. The summed E-state index contributed by atoms with van der Waals surface area (Å²) in [4.78, 5) is 16.4. The maximum Gasteiger partial charge on any atom is 0.260 e. The minimum atomic E-state index is -3.78. The lowest BCUT2D eigenvalue weighted by Gasteiger charge is -2.26. The molecule has 8 nitrogen and oxygen atoms in total. The van der Waals surface area contributed by atoms with E-state index in [1.54, 1.807) is 12.1 Å². The molecule has 2 fully saturated rings. The summed E-state index contributed by atoms with van der Waals surface area (Å²) in [6.07, 6.45) is 6.75. The van der Waals surface area contributed by atoms with E-state index in [9.17, 15) is 18.3 Å². The Labute approximate surface area is 166 Å². The molecule has 3 atom stereocenters. The van der Waals surface area contributed by atoms with Crippen molar-refractivity contribution in [3.8, 4) is 0 Å². The summed E-state index contributed by atoms with van der Waals surface area (Å²) in [6, 6.07) is 3.60. The lowest BCUT2D eigenvalue weighted by molar-refractivity contribution is -0.124. The number of hydrogen-bond acceptors (Lipinski definition) is 6. The molecule has 156 valence electrons. The van der Waals surface area contributed by atoms with E-state index in [2.05, 4.69) is 10.3 Å². The van der Waals surface area contributed by atoms with Gasteiger partial charge in [0, 0.05) is 19.3 Å². The molecule has 1 saturated heterocycles. The normalized spacial score (nSPS) is 25.9. The third kappa shape index (κ3) is 5.08. The van der Waals surface area contributed by atoms with Crippen molar-refractivity contribution >= 4 is 15.9 Å². The van der Waals surface area contributed by atoms with Crippen LogP contribution in [0, 0.1) is 5.92 Å². The molecular weight excluding hydrogens is 380 g/mol. The number of aliphatic hydroxyl groups is 1. The van der Waals surface area contributed by atoms with Gasteiger partial charge in [0.2, 0.25) is 5.91 Å². The Morgan fingerprint density at radius 1 is 1.29 bits per heavy atom. The van der Waals surface area contributed by atoms with Crippen molar-refractivity contribution < 1.29 is 18.3 Å². The van der Waals surface area contributed by atoms with Crippen LogP contribution < -0.4 is 11.1 Å². The number of β-amino-alcohol motifs (C(OH)–C–C–N with tert-alkyl or cyclic N) is 1. The van der Waals surface area contributed by atoms with Gasteiger partial charge in [0.1, 0.15) is 0 Å². The summed E-state index contributed by atoms with van der Waals surface area (Å²) < 4.78 is 26.8. The topological polar surface area (TPSA) is 126 Å². The van der Waals surface area contributed by atoms with Gasteiger partial charge in [-0.1, -0.05) is 31.7 Å². The molecule has 28 heavy (non-hydrogen) atoms. The van der Waals surface area contributed by atoms with E-state index in [1.807, 2.05) is 0 Å². The Hall–Kier alpha value is -1.55. The van der Waals surface area contributed by atoms with E-state index in [-0.39, 0.29) is 24.0 Å². The lowest BCUT2D eigenvalue weighted by atomic mass is 9.98.